The minimum atomic E-state index is 0.804. The maximum atomic E-state index is 5.35. The second-order valence-electron chi connectivity index (χ2n) is 5.37. The maximum absolute atomic E-state index is 5.35. The van der Waals surface area contributed by atoms with Crippen molar-refractivity contribution >= 4 is 12.2 Å². The average molecular weight is 348 g/mol. The Morgan fingerprint density at radius 2 is 1.15 bits per heavy atom. The quantitative estimate of drug-likeness (QED) is 0.585. The van der Waals surface area contributed by atoms with E-state index in [0.717, 1.165) is 28.4 Å². The van der Waals surface area contributed by atoms with Gasteiger partial charge in [-0.25, -0.2) is 0 Å². The van der Waals surface area contributed by atoms with Crippen LogP contribution in [0, 0.1) is 0 Å². The predicted octanol–water partition coefficient (Wildman–Crippen LogP) is 5.55. The first-order chi connectivity index (χ1) is 12.8. The van der Waals surface area contributed by atoms with Crippen LogP contribution >= 0.6 is 0 Å². The summed E-state index contributed by atoms with van der Waals surface area (Å²) >= 11 is 0. The second-order valence-corrected chi connectivity index (χ2v) is 5.37. The summed E-state index contributed by atoms with van der Waals surface area (Å²) in [6, 6.07) is 13.6. The van der Waals surface area contributed by atoms with Gasteiger partial charge >= 0.3 is 0 Å². The van der Waals surface area contributed by atoms with Gasteiger partial charge in [-0.15, -0.1) is 0 Å². The number of ether oxygens (including phenoxy) is 3. The number of rotatable bonds is 8. The second kappa shape index (κ2) is 10.6. The first kappa shape index (κ1) is 19.1. The van der Waals surface area contributed by atoms with Crippen LogP contribution in [0.3, 0.4) is 0 Å². The number of allylic oxidation sites excluding steroid dienone is 6. The molecule has 0 spiro atoms. The molecule has 0 radical (unpaired) electrons. The van der Waals surface area contributed by atoms with Gasteiger partial charge in [-0.2, -0.15) is 0 Å². The third-order valence-corrected chi connectivity index (χ3v) is 3.67. The van der Waals surface area contributed by atoms with E-state index in [1.807, 2.05) is 91.1 Å². The minimum Gasteiger partial charge on any atom is -0.497 e. The van der Waals surface area contributed by atoms with E-state index in [9.17, 15) is 0 Å². The molecule has 0 heterocycles. The molecule has 0 bridgehead atoms. The molecule has 0 aromatic heterocycles. The topological polar surface area (TPSA) is 27.7 Å². The standard InChI is InChI=1S/C23H24O3/c1-24-21-14-12-19(13-15-21)10-8-6-4-5-7-9-11-20-18-22(25-2)16-17-23(20)26-3/h4-18H,1-3H3/b6-4+,7-5+,10-8+,11-9+. The van der Waals surface area contributed by atoms with E-state index in [0.29, 0.717) is 0 Å². The highest BCUT2D eigenvalue weighted by Crippen LogP contribution is 2.25. The fraction of sp³-hybridized carbons (Fsp3) is 0.130. The molecule has 0 atom stereocenters. The van der Waals surface area contributed by atoms with Crippen molar-refractivity contribution in [3.63, 3.8) is 0 Å². The number of methoxy groups -OCH3 is 3. The van der Waals surface area contributed by atoms with Gasteiger partial charge < -0.3 is 14.2 Å². The summed E-state index contributed by atoms with van der Waals surface area (Å²) in [6.45, 7) is 0. The van der Waals surface area contributed by atoms with E-state index in [-0.39, 0.29) is 0 Å². The average Bonchev–Trinajstić information content (AvgIpc) is 2.70. The molecule has 0 amide bonds. The van der Waals surface area contributed by atoms with Gasteiger partial charge in [0.05, 0.1) is 21.3 Å². The van der Waals surface area contributed by atoms with Gasteiger partial charge in [0.2, 0.25) is 0 Å². The van der Waals surface area contributed by atoms with E-state index in [1.54, 1.807) is 21.3 Å². The van der Waals surface area contributed by atoms with Crippen LogP contribution in [0.4, 0.5) is 0 Å². The monoisotopic (exact) mass is 348 g/mol. The van der Waals surface area contributed by atoms with Crippen LogP contribution in [0.25, 0.3) is 12.2 Å². The lowest BCUT2D eigenvalue weighted by atomic mass is 10.1. The molecule has 0 N–H and O–H groups in total. The zero-order chi connectivity index (χ0) is 18.6. The van der Waals surface area contributed by atoms with Crippen LogP contribution < -0.4 is 14.2 Å². The van der Waals surface area contributed by atoms with E-state index in [4.69, 9.17) is 14.2 Å². The molecule has 0 aliphatic heterocycles. The predicted molar refractivity (Wildman–Crippen MR) is 109 cm³/mol. The summed E-state index contributed by atoms with van der Waals surface area (Å²) in [7, 11) is 4.98. The molecule has 2 aromatic carbocycles. The normalized spacial score (nSPS) is 11.8. The molecule has 3 heteroatoms. The molecule has 26 heavy (non-hydrogen) atoms. The highest BCUT2D eigenvalue weighted by molar-refractivity contribution is 5.60. The Labute approximate surface area is 155 Å². The minimum absolute atomic E-state index is 0.804. The van der Waals surface area contributed by atoms with E-state index in [1.165, 1.54) is 0 Å². The first-order valence-electron chi connectivity index (χ1n) is 8.31. The Morgan fingerprint density at radius 1 is 0.577 bits per heavy atom. The number of benzene rings is 2. The summed E-state index contributed by atoms with van der Waals surface area (Å²) < 4.78 is 15.7. The fourth-order valence-electron chi connectivity index (χ4n) is 2.27. The van der Waals surface area contributed by atoms with Crippen molar-refractivity contribution in [3.8, 4) is 17.2 Å². The van der Waals surface area contributed by atoms with Gasteiger partial charge in [0.15, 0.2) is 0 Å². The van der Waals surface area contributed by atoms with Crippen LogP contribution in [0.15, 0.2) is 78.9 Å². The van der Waals surface area contributed by atoms with Crippen molar-refractivity contribution in [2.45, 2.75) is 0 Å². The van der Waals surface area contributed by atoms with E-state index >= 15 is 0 Å². The van der Waals surface area contributed by atoms with Gasteiger partial charge in [-0.1, -0.05) is 60.7 Å². The van der Waals surface area contributed by atoms with Crippen molar-refractivity contribution in [2.75, 3.05) is 21.3 Å². The smallest absolute Gasteiger partial charge is 0.126 e. The zero-order valence-corrected chi connectivity index (χ0v) is 15.4. The third kappa shape index (κ3) is 6.02. The van der Waals surface area contributed by atoms with Gasteiger partial charge in [-0.3, -0.25) is 0 Å². The lowest BCUT2D eigenvalue weighted by Crippen LogP contribution is -1.89. The van der Waals surface area contributed by atoms with Crippen LogP contribution in [0.5, 0.6) is 17.2 Å². The summed E-state index contributed by atoms with van der Waals surface area (Å²) in [4.78, 5) is 0. The van der Waals surface area contributed by atoms with Crippen molar-refractivity contribution < 1.29 is 14.2 Å². The van der Waals surface area contributed by atoms with Crippen molar-refractivity contribution in [2.24, 2.45) is 0 Å². The lowest BCUT2D eigenvalue weighted by Gasteiger charge is -2.06. The SMILES string of the molecule is COc1ccc(/C=C/C=C/C=C/C=C/c2cc(OC)ccc2OC)cc1. The molecule has 0 fully saturated rings. The van der Waals surface area contributed by atoms with E-state index in [2.05, 4.69) is 0 Å². The van der Waals surface area contributed by atoms with Gasteiger partial charge in [0.1, 0.15) is 17.2 Å². The zero-order valence-electron chi connectivity index (χ0n) is 15.4. The van der Waals surface area contributed by atoms with E-state index < -0.39 is 0 Å². The molecule has 2 aromatic rings. The Hall–Kier alpha value is -3.20. The highest BCUT2D eigenvalue weighted by atomic mass is 16.5. The summed E-state index contributed by atoms with van der Waals surface area (Å²) in [5.74, 6) is 2.48. The highest BCUT2D eigenvalue weighted by Gasteiger charge is 2.00. The largest absolute Gasteiger partial charge is 0.497 e. The van der Waals surface area contributed by atoms with Crippen LogP contribution in [-0.2, 0) is 0 Å². The molecule has 0 aliphatic rings. The third-order valence-electron chi connectivity index (χ3n) is 3.67. The molecule has 2 rings (SSSR count). The van der Waals surface area contributed by atoms with Crippen molar-refractivity contribution in [3.05, 3.63) is 90.0 Å². The first-order valence-corrected chi connectivity index (χ1v) is 8.31. The van der Waals surface area contributed by atoms with Crippen LogP contribution in [0.1, 0.15) is 11.1 Å². The molecule has 3 nitrogen and oxygen atoms in total. The Bertz CT molecular complexity index is 797. The maximum Gasteiger partial charge on any atom is 0.126 e. The summed E-state index contributed by atoms with van der Waals surface area (Å²) in [6.07, 6.45) is 15.9. The number of hydrogen-bond donors (Lipinski definition) is 0. The Balaban J connectivity index is 1.89. The van der Waals surface area contributed by atoms with Gasteiger partial charge in [0.25, 0.3) is 0 Å². The summed E-state index contributed by atoms with van der Waals surface area (Å²) in [5.41, 5.74) is 2.10. The van der Waals surface area contributed by atoms with Gasteiger partial charge in [0, 0.05) is 5.56 Å². The molecule has 134 valence electrons. The van der Waals surface area contributed by atoms with Crippen molar-refractivity contribution in [1.82, 2.24) is 0 Å². The molecule has 0 saturated heterocycles. The lowest BCUT2D eigenvalue weighted by molar-refractivity contribution is 0.402. The fourth-order valence-corrected chi connectivity index (χ4v) is 2.27. The summed E-state index contributed by atoms with van der Waals surface area (Å²) in [5, 5.41) is 0. The molecule has 0 aliphatic carbocycles. The Morgan fingerprint density at radius 3 is 1.77 bits per heavy atom. The van der Waals surface area contributed by atoms with Crippen LogP contribution in [0.2, 0.25) is 0 Å². The number of hydrogen-bond acceptors (Lipinski definition) is 3. The van der Waals surface area contributed by atoms with Gasteiger partial charge in [-0.05, 0) is 35.9 Å². The van der Waals surface area contributed by atoms with Crippen LogP contribution in [-0.4, -0.2) is 21.3 Å². The van der Waals surface area contributed by atoms with Crippen molar-refractivity contribution in [1.29, 1.82) is 0 Å². The Kier molecular flexibility index (Phi) is 7.81. The molecular weight excluding hydrogens is 324 g/mol. The molecular formula is C23H24O3. The molecule has 0 saturated carbocycles. The molecule has 0 unspecified atom stereocenters.